The van der Waals surface area contributed by atoms with Crippen molar-refractivity contribution >= 4 is 23.1 Å². The highest BCUT2D eigenvalue weighted by Crippen LogP contribution is 2.33. The predicted molar refractivity (Wildman–Crippen MR) is 110 cm³/mol. The summed E-state index contributed by atoms with van der Waals surface area (Å²) < 4.78 is 19.0. The number of thiophene rings is 1. The Bertz CT molecular complexity index is 1070. The molecule has 3 nitrogen and oxygen atoms in total. The summed E-state index contributed by atoms with van der Waals surface area (Å²) in [7, 11) is 0. The Morgan fingerprint density at radius 2 is 1.57 bits per heavy atom. The molecule has 0 aliphatic heterocycles. The maximum Gasteiger partial charge on any atom is 0.308 e. The maximum atomic E-state index is 14.0. The smallest absolute Gasteiger partial charge is 0.308 e. The normalized spacial score (nSPS) is 10.8. The Morgan fingerprint density at radius 1 is 0.929 bits per heavy atom. The van der Waals surface area contributed by atoms with Crippen molar-refractivity contribution in [2.45, 2.75) is 34.6 Å². The number of halogens is 1. The first kappa shape index (κ1) is 20.0. The summed E-state index contributed by atoms with van der Waals surface area (Å²) in [4.78, 5) is 25.7. The zero-order valence-electron chi connectivity index (χ0n) is 16.5. The molecule has 0 aliphatic carbocycles. The van der Waals surface area contributed by atoms with E-state index in [1.54, 1.807) is 13.0 Å². The molecule has 0 unspecified atom stereocenters. The van der Waals surface area contributed by atoms with Gasteiger partial charge in [-0.05, 0) is 68.1 Å². The molecule has 0 spiro atoms. The van der Waals surface area contributed by atoms with Crippen molar-refractivity contribution in [3.63, 3.8) is 0 Å². The molecular formula is C23H21FO3S. The van der Waals surface area contributed by atoms with E-state index < -0.39 is 11.8 Å². The molecule has 1 heterocycles. The van der Waals surface area contributed by atoms with Gasteiger partial charge in [0.1, 0.15) is 11.6 Å². The molecule has 5 heteroatoms. The molecule has 28 heavy (non-hydrogen) atoms. The van der Waals surface area contributed by atoms with Crippen molar-refractivity contribution in [1.29, 1.82) is 0 Å². The molecule has 0 atom stereocenters. The molecule has 0 fully saturated rings. The van der Waals surface area contributed by atoms with Crippen LogP contribution in [0.25, 0.3) is 10.4 Å². The molecule has 0 aliphatic rings. The lowest BCUT2D eigenvalue weighted by atomic mass is 10.00. The lowest BCUT2D eigenvalue weighted by molar-refractivity contribution is -0.131. The fraction of sp³-hybridized carbons (Fsp3) is 0.217. The number of hydrogen-bond acceptors (Lipinski definition) is 4. The molecule has 144 valence electrons. The van der Waals surface area contributed by atoms with E-state index in [1.165, 1.54) is 41.0 Å². The predicted octanol–water partition coefficient (Wildman–Crippen LogP) is 5.94. The number of ether oxygens (including phenoxy) is 1. The first-order chi connectivity index (χ1) is 13.2. The van der Waals surface area contributed by atoms with Gasteiger partial charge in [0.2, 0.25) is 5.78 Å². The lowest BCUT2D eigenvalue weighted by Gasteiger charge is -2.10. The Balaban J connectivity index is 1.99. The number of carbonyl (C=O) groups is 2. The minimum Gasteiger partial charge on any atom is -0.426 e. The summed E-state index contributed by atoms with van der Waals surface area (Å²) in [5.74, 6) is -1.40. The average molecular weight is 396 g/mol. The van der Waals surface area contributed by atoms with Crippen LogP contribution in [0.4, 0.5) is 4.39 Å². The van der Waals surface area contributed by atoms with E-state index in [2.05, 4.69) is 32.9 Å². The van der Waals surface area contributed by atoms with Crippen LogP contribution in [0, 0.1) is 33.5 Å². The number of benzene rings is 2. The van der Waals surface area contributed by atoms with Crippen molar-refractivity contribution < 1.29 is 18.7 Å². The van der Waals surface area contributed by atoms with Gasteiger partial charge in [0.25, 0.3) is 0 Å². The number of hydrogen-bond donors (Lipinski definition) is 0. The largest absolute Gasteiger partial charge is 0.426 e. The van der Waals surface area contributed by atoms with Gasteiger partial charge in [-0.2, -0.15) is 0 Å². The fourth-order valence-corrected chi connectivity index (χ4v) is 4.02. The van der Waals surface area contributed by atoms with E-state index in [0.29, 0.717) is 10.4 Å². The van der Waals surface area contributed by atoms with Crippen molar-refractivity contribution in [3.05, 3.63) is 74.9 Å². The zero-order chi connectivity index (χ0) is 20.6. The third kappa shape index (κ3) is 3.90. The number of ketones is 1. The Labute approximate surface area is 167 Å². The van der Waals surface area contributed by atoms with Gasteiger partial charge < -0.3 is 4.74 Å². The molecule has 0 saturated carbocycles. The minimum atomic E-state index is -0.619. The van der Waals surface area contributed by atoms with E-state index in [9.17, 15) is 14.0 Å². The SMILES string of the molecule is CC(=O)Oc1cc(F)cc(C(=O)c2ccc(-c3cc(C)c(C)c(C)c3)s2)c1C. The van der Waals surface area contributed by atoms with Crippen LogP contribution in [0.3, 0.4) is 0 Å². The average Bonchev–Trinajstić information content (AvgIpc) is 3.11. The molecular weight excluding hydrogens is 375 g/mol. The number of aryl methyl sites for hydroxylation is 2. The van der Waals surface area contributed by atoms with Crippen LogP contribution in [0.2, 0.25) is 0 Å². The summed E-state index contributed by atoms with van der Waals surface area (Å²) in [5, 5.41) is 0. The Hall–Kier alpha value is -2.79. The van der Waals surface area contributed by atoms with Crippen LogP contribution in [0.15, 0.2) is 36.4 Å². The monoisotopic (exact) mass is 396 g/mol. The van der Waals surface area contributed by atoms with E-state index >= 15 is 0 Å². The van der Waals surface area contributed by atoms with Crippen molar-refractivity contribution in [2.75, 3.05) is 0 Å². The molecule has 0 amide bonds. The summed E-state index contributed by atoms with van der Waals surface area (Å²) >= 11 is 1.37. The Kier molecular flexibility index (Phi) is 5.47. The molecule has 1 aromatic heterocycles. The van der Waals surface area contributed by atoms with Gasteiger partial charge in [-0.15, -0.1) is 11.3 Å². The second-order valence-corrected chi connectivity index (χ2v) is 7.98. The van der Waals surface area contributed by atoms with Crippen LogP contribution < -0.4 is 4.74 Å². The standard InChI is InChI=1S/C23H21FO3S/c1-12-8-17(9-13(2)14(12)3)21-6-7-22(28-21)23(26)19-10-18(24)11-20(15(19)4)27-16(5)25/h6-11H,1-5H3. The summed E-state index contributed by atoms with van der Waals surface area (Å²) in [6.45, 7) is 9.11. The number of rotatable bonds is 4. The summed E-state index contributed by atoms with van der Waals surface area (Å²) in [6.07, 6.45) is 0. The first-order valence-electron chi connectivity index (χ1n) is 8.88. The summed E-state index contributed by atoms with van der Waals surface area (Å²) in [5.41, 5.74) is 5.34. The van der Waals surface area contributed by atoms with Crippen LogP contribution >= 0.6 is 11.3 Å². The highest BCUT2D eigenvalue weighted by Gasteiger charge is 2.19. The third-order valence-corrected chi connectivity index (χ3v) is 6.00. The second-order valence-electron chi connectivity index (χ2n) is 6.90. The van der Waals surface area contributed by atoms with Gasteiger partial charge in [-0.3, -0.25) is 9.59 Å². The minimum absolute atomic E-state index is 0.0670. The van der Waals surface area contributed by atoms with Gasteiger partial charge >= 0.3 is 5.97 Å². The van der Waals surface area contributed by atoms with Crippen molar-refractivity contribution in [2.24, 2.45) is 0 Å². The molecule has 3 aromatic rings. The van der Waals surface area contributed by atoms with Crippen LogP contribution in [0.1, 0.15) is 44.4 Å². The van der Waals surface area contributed by atoms with Gasteiger partial charge in [-0.25, -0.2) is 4.39 Å². The topological polar surface area (TPSA) is 43.4 Å². The second kappa shape index (κ2) is 7.68. The Morgan fingerprint density at radius 3 is 2.18 bits per heavy atom. The van der Waals surface area contributed by atoms with E-state index in [-0.39, 0.29) is 17.1 Å². The van der Waals surface area contributed by atoms with E-state index in [1.807, 2.05) is 6.07 Å². The highest BCUT2D eigenvalue weighted by molar-refractivity contribution is 7.17. The number of esters is 1. The summed E-state index contributed by atoms with van der Waals surface area (Å²) in [6, 6.07) is 10.2. The van der Waals surface area contributed by atoms with Crippen LogP contribution in [-0.2, 0) is 4.79 Å². The van der Waals surface area contributed by atoms with Crippen molar-refractivity contribution in [3.8, 4) is 16.2 Å². The van der Waals surface area contributed by atoms with Gasteiger partial charge in [0.05, 0.1) is 4.88 Å². The van der Waals surface area contributed by atoms with Gasteiger partial charge in [0, 0.05) is 29.0 Å². The zero-order valence-corrected chi connectivity index (χ0v) is 17.3. The number of carbonyl (C=O) groups excluding carboxylic acids is 2. The molecule has 2 aromatic carbocycles. The van der Waals surface area contributed by atoms with E-state index in [4.69, 9.17) is 4.74 Å². The third-order valence-electron chi connectivity index (χ3n) is 4.86. The maximum absolute atomic E-state index is 14.0. The van der Waals surface area contributed by atoms with Gasteiger partial charge in [0.15, 0.2) is 0 Å². The van der Waals surface area contributed by atoms with Gasteiger partial charge in [-0.1, -0.05) is 12.1 Å². The highest BCUT2D eigenvalue weighted by atomic mass is 32.1. The molecule has 0 radical (unpaired) electrons. The quantitative estimate of drug-likeness (QED) is 0.311. The van der Waals surface area contributed by atoms with Crippen molar-refractivity contribution in [1.82, 2.24) is 0 Å². The van der Waals surface area contributed by atoms with E-state index in [0.717, 1.165) is 16.5 Å². The van der Waals surface area contributed by atoms with Crippen LogP contribution in [0.5, 0.6) is 5.75 Å². The molecule has 0 saturated heterocycles. The molecule has 0 N–H and O–H groups in total. The first-order valence-corrected chi connectivity index (χ1v) is 9.70. The molecule has 0 bridgehead atoms. The molecule has 3 rings (SSSR count). The van der Waals surface area contributed by atoms with Crippen LogP contribution in [-0.4, -0.2) is 11.8 Å². The fourth-order valence-electron chi connectivity index (χ4n) is 3.08. The lowest BCUT2D eigenvalue weighted by Crippen LogP contribution is -2.08.